The molecule has 0 heterocycles. The molecule has 0 aliphatic carbocycles. The van der Waals surface area contributed by atoms with Crippen molar-refractivity contribution in [2.24, 2.45) is 0 Å². The molecule has 0 aliphatic rings. The number of hydrogen-bond acceptors (Lipinski definition) is 1. The maximum Gasteiger partial charge on any atom is 0.123 e. The first-order valence-electron chi connectivity index (χ1n) is 5.44. The van der Waals surface area contributed by atoms with Gasteiger partial charge in [-0.05, 0) is 41.5 Å². The Kier molecular flexibility index (Phi) is 4.54. The van der Waals surface area contributed by atoms with Gasteiger partial charge in [0.2, 0.25) is 0 Å². The van der Waals surface area contributed by atoms with Crippen LogP contribution in [0.3, 0.4) is 0 Å². The van der Waals surface area contributed by atoms with Gasteiger partial charge in [-0.3, -0.25) is 0 Å². The second-order valence-corrected chi connectivity index (χ2v) is 5.78. The van der Waals surface area contributed by atoms with Gasteiger partial charge >= 0.3 is 0 Å². The third kappa shape index (κ3) is 3.40. The zero-order valence-corrected chi connectivity index (χ0v) is 12.6. The Hall–Kier alpha value is -0.710. The van der Waals surface area contributed by atoms with E-state index in [-0.39, 0.29) is 5.82 Å². The number of aliphatic hydroxyl groups excluding tert-OH is 1. The van der Waals surface area contributed by atoms with Gasteiger partial charge in [0.1, 0.15) is 5.82 Å². The molecule has 0 radical (unpaired) electrons. The molecule has 0 bridgehead atoms. The lowest BCUT2D eigenvalue weighted by molar-refractivity contribution is 0.177. The van der Waals surface area contributed by atoms with Crippen LogP contribution in [-0.2, 0) is 6.42 Å². The van der Waals surface area contributed by atoms with E-state index in [0.29, 0.717) is 6.42 Å². The number of aliphatic hydroxyl groups is 1. The van der Waals surface area contributed by atoms with Gasteiger partial charge in [-0.1, -0.05) is 44.0 Å². The topological polar surface area (TPSA) is 20.2 Å². The maximum absolute atomic E-state index is 12.8. The molecule has 0 amide bonds. The van der Waals surface area contributed by atoms with E-state index in [4.69, 9.17) is 0 Å². The highest BCUT2D eigenvalue weighted by Gasteiger charge is 2.12. The highest BCUT2D eigenvalue weighted by Crippen LogP contribution is 2.29. The fraction of sp³-hybridized carbons (Fsp3) is 0.143. The van der Waals surface area contributed by atoms with E-state index in [2.05, 4.69) is 31.9 Å². The van der Waals surface area contributed by atoms with E-state index in [1.54, 1.807) is 12.1 Å². The van der Waals surface area contributed by atoms with Gasteiger partial charge in [-0.15, -0.1) is 0 Å². The smallest absolute Gasteiger partial charge is 0.123 e. The van der Waals surface area contributed by atoms with Crippen LogP contribution in [-0.4, -0.2) is 5.11 Å². The van der Waals surface area contributed by atoms with Gasteiger partial charge in [0.25, 0.3) is 0 Å². The minimum Gasteiger partial charge on any atom is -0.388 e. The van der Waals surface area contributed by atoms with E-state index in [1.165, 1.54) is 12.1 Å². The van der Waals surface area contributed by atoms with Crippen molar-refractivity contribution in [3.8, 4) is 0 Å². The zero-order valence-electron chi connectivity index (χ0n) is 9.41. The molecule has 1 N–H and O–H groups in total. The van der Waals surface area contributed by atoms with Crippen LogP contribution in [0, 0.1) is 5.82 Å². The van der Waals surface area contributed by atoms with E-state index in [9.17, 15) is 9.50 Å². The Labute approximate surface area is 122 Å². The first-order chi connectivity index (χ1) is 8.56. The summed E-state index contributed by atoms with van der Waals surface area (Å²) in [7, 11) is 0. The Morgan fingerprint density at radius 3 is 2.39 bits per heavy atom. The van der Waals surface area contributed by atoms with Gasteiger partial charge in [-0.25, -0.2) is 4.39 Å². The monoisotopic (exact) mass is 372 g/mol. The molecule has 0 spiro atoms. The lowest BCUT2D eigenvalue weighted by atomic mass is 10.0. The van der Waals surface area contributed by atoms with Crippen molar-refractivity contribution in [1.29, 1.82) is 0 Å². The molecule has 2 aromatic rings. The fourth-order valence-corrected chi connectivity index (χ4v) is 2.61. The molecule has 94 valence electrons. The highest BCUT2D eigenvalue weighted by molar-refractivity contribution is 9.11. The summed E-state index contributed by atoms with van der Waals surface area (Å²) in [4.78, 5) is 0. The molecule has 1 nitrogen and oxygen atoms in total. The van der Waals surface area contributed by atoms with Gasteiger partial charge in [0.15, 0.2) is 0 Å². The van der Waals surface area contributed by atoms with Gasteiger partial charge in [0.05, 0.1) is 6.10 Å². The molecule has 0 fully saturated rings. The maximum atomic E-state index is 12.8. The molecule has 1 unspecified atom stereocenters. The number of rotatable bonds is 3. The predicted molar refractivity (Wildman–Crippen MR) is 76.9 cm³/mol. The van der Waals surface area contributed by atoms with Crippen LogP contribution >= 0.6 is 31.9 Å². The number of hydrogen-bond donors (Lipinski definition) is 1. The summed E-state index contributed by atoms with van der Waals surface area (Å²) in [6.07, 6.45) is -0.169. The predicted octanol–water partition coefficient (Wildman–Crippen LogP) is 4.63. The van der Waals surface area contributed by atoms with Crippen LogP contribution in [0.4, 0.5) is 4.39 Å². The number of benzene rings is 2. The number of halogens is 3. The fourth-order valence-electron chi connectivity index (χ4n) is 1.72. The summed E-state index contributed by atoms with van der Waals surface area (Å²) < 4.78 is 14.6. The van der Waals surface area contributed by atoms with Crippen molar-refractivity contribution < 1.29 is 9.50 Å². The average molecular weight is 374 g/mol. The Balaban J connectivity index is 2.18. The highest BCUT2D eigenvalue weighted by atomic mass is 79.9. The third-order valence-corrected chi connectivity index (χ3v) is 3.87. The molecule has 2 aromatic carbocycles. The lowest BCUT2D eigenvalue weighted by Crippen LogP contribution is -2.03. The molecular weight excluding hydrogens is 363 g/mol. The molecule has 4 heteroatoms. The Morgan fingerprint density at radius 1 is 1.06 bits per heavy atom. The molecule has 0 saturated carbocycles. The normalized spacial score (nSPS) is 12.4. The first kappa shape index (κ1) is 13.7. The van der Waals surface area contributed by atoms with Crippen molar-refractivity contribution >= 4 is 31.9 Å². The van der Waals surface area contributed by atoms with E-state index < -0.39 is 6.10 Å². The summed E-state index contributed by atoms with van der Waals surface area (Å²) >= 11 is 6.79. The van der Waals surface area contributed by atoms with Crippen LogP contribution in [0.15, 0.2) is 51.4 Å². The van der Waals surface area contributed by atoms with Crippen LogP contribution in [0.5, 0.6) is 0 Å². The molecule has 0 aliphatic heterocycles. The van der Waals surface area contributed by atoms with Crippen molar-refractivity contribution in [2.75, 3.05) is 0 Å². The lowest BCUT2D eigenvalue weighted by Gasteiger charge is -2.13. The van der Waals surface area contributed by atoms with E-state index >= 15 is 0 Å². The molecule has 2 rings (SSSR count). The first-order valence-corrected chi connectivity index (χ1v) is 7.02. The van der Waals surface area contributed by atoms with Crippen LogP contribution < -0.4 is 0 Å². The largest absolute Gasteiger partial charge is 0.388 e. The van der Waals surface area contributed by atoms with E-state index in [0.717, 1.165) is 20.1 Å². The molecule has 1 atom stereocenters. The summed E-state index contributed by atoms with van der Waals surface area (Å²) in [6, 6.07) is 11.8. The minimum atomic E-state index is -0.623. The minimum absolute atomic E-state index is 0.267. The van der Waals surface area contributed by atoms with Crippen LogP contribution in [0.25, 0.3) is 0 Å². The second-order valence-electron chi connectivity index (χ2n) is 4.01. The SMILES string of the molecule is OC(Cc1ccc(F)cc1)c1cc(Br)ccc1Br. The summed E-state index contributed by atoms with van der Waals surface area (Å²) in [5, 5.41) is 10.2. The molecule has 18 heavy (non-hydrogen) atoms. The van der Waals surface area contributed by atoms with Crippen LogP contribution in [0.1, 0.15) is 17.2 Å². The average Bonchev–Trinajstić information content (AvgIpc) is 2.35. The Morgan fingerprint density at radius 2 is 1.72 bits per heavy atom. The molecule has 0 aromatic heterocycles. The van der Waals surface area contributed by atoms with Crippen LogP contribution in [0.2, 0.25) is 0 Å². The van der Waals surface area contributed by atoms with E-state index in [1.807, 2.05) is 18.2 Å². The summed E-state index contributed by atoms with van der Waals surface area (Å²) in [5.41, 5.74) is 1.71. The quantitative estimate of drug-likeness (QED) is 0.831. The Bertz CT molecular complexity index is 540. The second kappa shape index (κ2) is 5.95. The van der Waals surface area contributed by atoms with Gasteiger partial charge in [0, 0.05) is 15.4 Å². The molecular formula is C14H11Br2FO. The van der Waals surface area contributed by atoms with Gasteiger partial charge < -0.3 is 5.11 Å². The standard InChI is InChI=1S/C14H11Br2FO/c15-10-3-6-13(16)12(8-10)14(18)7-9-1-4-11(17)5-2-9/h1-6,8,14,18H,7H2. The summed E-state index contributed by atoms with van der Waals surface area (Å²) in [5.74, 6) is -0.267. The van der Waals surface area contributed by atoms with Crippen molar-refractivity contribution in [3.05, 3.63) is 68.4 Å². The van der Waals surface area contributed by atoms with Crippen molar-refractivity contribution in [1.82, 2.24) is 0 Å². The van der Waals surface area contributed by atoms with Crippen molar-refractivity contribution in [3.63, 3.8) is 0 Å². The molecule has 0 saturated heterocycles. The van der Waals surface area contributed by atoms with Crippen molar-refractivity contribution in [2.45, 2.75) is 12.5 Å². The third-order valence-electron chi connectivity index (χ3n) is 2.66. The zero-order chi connectivity index (χ0) is 13.1. The summed E-state index contributed by atoms with van der Waals surface area (Å²) in [6.45, 7) is 0. The van der Waals surface area contributed by atoms with Gasteiger partial charge in [-0.2, -0.15) is 0 Å².